The number of urea groups is 1. The van der Waals surface area contributed by atoms with Crippen molar-refractivity contribution in [1.29, 1.82) is 0 Å². The van der Waals surface area contributed by atoms with E-state index in [9.17, 15) is 4.79 Å². The largest absolute Gasteiger partial charge is 0.360 e. The van der Waals surface area contributed by atoms with Crippen molar-refractivity contribution in [3.05, 3.63) is 11.8 Å². The number of nitrogens with one attached hydrogen (secondary N) is 2. The summed E-state index contributed by atoms with van der Waals surface area (Å²) < 4.78 is 4.90. The van der Waals surface area contributed by atoms with Gasteiger partial charge in [-0.05, 0) is 40.2 Å². The van der Waals surface area contributed by atoms with Gasteiger partial charge >= 0.3 is 6.03 Å². The second-order valence-electron chi connectivity index (χ2n) is 5.59. The van der Waals surface area contributed by atoms with Crippen LogP contribution in [0.5, 0.6) is 0 Å². The molecule has 1 aromatic heterocycles. The van der Waals surface area contributed by atoms with E-state index in [1.165, 1.54) is 19.3 Å². The summed E-state index contributed by atoms with van der Waals surface area (Å²) in [6.45, 7) is 7.95. The summed E-state index contributed by atoms with van der Waals surface area (Å²) >= 11 is 0. The minimum absolute atomic E-state index is 0.241. The molecular weight excluding hydrogens is 256 g/mol. The molecule has 2 N–H and O–H groups in total. The van der Waals surface area contributed by atoms with E-state index in [2.05, 4.69) is 34.5 Å². The normalized spacial score (nSPS) is 21.4. The van der Waals surface area contributed by atoms with Crippen molar-refractivity contribution in [1.82, 2.24) is 15.4 Å². The molecule has 2 heterocycles. The first-order chi connectivity index (χ1) is 9.56. The van der Waals surface area contributed by atoms with Crippen LogP contribution in [0.1, 0.15) is 38.9 Å². The smallest absolute Gasteiger partial charge is 0.320 e. The number of amides is 2. The first-order valence-electron chi connectivity index (χ1n) is 7.30. The first-order valence-corrected chi connectivity index (χ1v) is 7.30. The number of carbonyl (C=O) groups is 1. The van der Waals surface area contributed by atoms with Gasteiger partial charge < -0.3 is 9.84 Å². The molecule has 0 aromatic carbocycles. The Kier molecular flexibility index (Phi) is 5.00. The number of piperidine rings is 1. The van der Waals surface area contributed by atoms with Crippen molar-refractivity contribution in [2.24, 2.45) is 0 Å². The molecule has 1 aromatic rings. The van der Waals surface area contributed by atoms with Gasteiger partial charge in [-0.1, -0.05) is 11.6 Å². The lowest BCUT2D eigenvalue weighted by Gasteiger charge is -2.38. The maximum Gasteiger partial charge on any atom is 0.320 e. The molecule has 6 heteroatoms. The van der Waals surface area contributed by atoms with Gasteiger partial charge in [0.1, 0.15) is 5.76 Å². The molecule has 0 bridgehead atoms. The van der Waals surface area contributed by atoms with Gasteiger partial charge in [0.15, 0.2) is 5.82 Å². The Labute approximate surface area is 119 Å². The molecule has 112 valence electrons. The number of likely N-dealkylation sites (tertiary alicyclic amines) is 1. The van der Waals surface area contributed by atoms with E-state index in [1.54, 1.807) is 13.0 Å². The highest BCUT2D eigenvalue weighted by atomic mass is 16.5. The van der Waals surface area contributed by atoms with Crippen LogP contribution in [-0.4, -0.2) is 41.3 Å². The zero-order chi connectivity index (χ0) is 14.5. The van der Waals surface area contributed by atoms with Gasteiger partial charge in [-0.25, -0.2) is 4.79 Å². The fourth-order valence-corrected chi connectivity index (χ4v) is 2.72. The number of aromatic nitrogens is 1. The monoisotopic (exact) mass is 280 g/mol. The number of aryl methyl sites for hydroxylation is 1. The molecule has 2 amide bonds. The van der Waals surface area contributed by atoms with Crippen LogP contribution in [0.4, 0.5) is 10.6 Å². The Morgan fingerprint density at radius 3 is 3.05 bits per heavy atom. The van der Waals surface area contributed by atoms with Gasteiger partial charge in [0.05, 0.1) is 0 Å². The Hall–Kier alpha value is -1.56. The van der Waals surface area contributed by atoms with Crippen molar-refractivity contribution in [2.75, 3.05) is 18.4 Å². The predicted molar refractivity (Wildman–Crippen MR) is 77.7 cm³/mol. The summed E-state index contributed by atoms with van der Waals surface area (Å²) in [5.41, 5.74) is 0. The second kappa shape index (κ2) is 6.74. The molecule has 1 fully saturated rings. The number of carbonyl (C=O) groups excluding carboxylic acids is 1. The molecule has 0 aliphatic carbocycles. The molecule has 20 heavy (non-hydrogen) atoms. The van der Waals surface area contributed by atoms with Gasteiger partial charge in [0, 0.05) is 24.7 Å². The van der Waals surface area contributed by atoms with Crippen molar-refractivity contribution < 1.29 is 9.32 Å². The molecule has 1 saturated heterocycles. The van der Waals surface area contributed by atoms with E-state index < -0.39 is 0 Å². The van der Waals surface area contributed by atoms with Crippen LogP contribution < -0.4 is 10.6 Å². The maximum absolute atomic E-state index is 11.8. The van der Waals surface area contributed by atoms with Crippen LogP contribution in [0, 0.1) is 6.92 Å². The molecule has 2 rings (SSSR count). The number of anilines is 1. The summed E-state index contributed by atoms with van der Waals surface area (Å²) in [6, 6.07) is 2.39. The molecule has 2 atom stereocenters. The minimum atomic E-state index is -0.241. The van der Waals surface area contributed by atoms with Crippen LogP contribution in [0.25, 0.3) is 0 Å². The molecule has 0 spiro atoms. The van der Waals surface area contributed by atoms with Gasteiger partial charge in [-0.3, -0.25) is 10.2 Å². The fourth-order valence-electron chi connectivity index (χ4n) is 2.72. The van der Waals surface area contributed by atoms with E-state index >= 15 is 0 Å². The Bertz CT molecular complexity index is 446. The van der Waals surface area contributed by atoms with E-state index in [-0.39, 0.29) is 6.03 Å². The van der Waals surface area contributed by atoms with Crippen LogP contribution in [-0.2, 0) is 0 Å². The third kappa shape index (κ3) is 3.96. The average Bonchev–Trinajstić information content (AvgIpc) is 2.82. The lowest BCUT2D eigenvalue weighted by Crippen LogP contribution is -2.49. The quantitative estimate of drug-likeness (QED) is 0.888. The van der Waals surface area contributed by atoms with Crippen LogP contribution in [0.2, 0.25) is 0 Å². The third-order valence-electron chi connectivity index (χ3n) is 3.85. The molecule has 6 nitrogen and oxygen atoms in total. The van der Waals surface area contributed by atoms with Crippen LogP contribution in [0.3, 0.4) is 0 Å². The Morgan fingerprint density at radius 1 is 1.60 bits per heavy atom. The Morgan fingerprint density at radius 2 is 2.40 bits per heavy atom. The minimum Gasteiger partial charge on any atom is -0.360 e. The number of rotatable bonds is 4. The van der Waals surface area contributed by atoms with E-state index in [1.807, 2.05) is 0 Å². The van der Waals surface area contributed by atoms with E-state index in [0.29, 0.717) is 30.2 Å². The fraction of sp³-hybridized carbons (Fsp3) is 0.714. The molecule has 0 radical (unpaired) electrons. The summed E-state index contributed by atoms with van der Waals surface area (Å²) in [4.78, 5) is 14.2. The SMILES string of the molecule is Cc1cc(NC(=O)NC[C@@H](C)N2CCCC[C@@H]2C)no1. The highest BCUT2D eigenvalue weighted by molar-refractivity contribution is 5.88. The highest BCUT2D eigenvalue weighted by Gasteiger charge is 2.23. The van der Waals surface area contributed by atoms with Gasteiger partial charge in [-0.2, -0.15) is 0 Å². The Balaban J connectivity index is 1.75. The molecule has 1 aliphatic rings. The molecular formula is C14H24N4O2. The summed E-state index contributed by atoms with van der Waals surface area (Å²) in [5, 5.41) is 9.27. The van der Waals surface area contributed by atoms with E-state index in [0.717, 1.165) is 6.54 Å². The van der Waals surface area contributed by atoms with Gasteiger partial charge in [0.2, 0.25) is 0 Å². The summed E-state index contributed by atoms with van der Waals surface area (Å²) in [6.07, 6.45) is 3.80. The van der Waals surface area contributed by atoms with Gasteiger partial charge in [0.25, 0.3) is 0 Å². The first kappa shape index (κ1) is 14.8. The average molecular weight is 280 g/mol. The maximum atomic E-state index is 11.8. The zero-order valence-electron chi connectivity index (χ0n) is 12.5. The summed E-state index contributed by atoms with van der Waals surface area (Å²) in [7, 11) is 0. The van der Waals surface area contributed by atoms with Crippen LogP contribution in [0.15, 0.2) is 10.6 Å². The lowest BCUT2D eigenvalue weighted by atomic mass is 10.0. The van der Waals surface area contributed by atoms with Gasteiger partial charge in [-0.15, -0.1) is 0 Å². The van der Waals surface area contributed by atoms with Crippen molar-refractivity contribution in [3.8, 4) is 0 Å². The number of nitrogens with zero attached hydrogens (tertiary/aromatic N) is 2. The molecule has 0 saturated carbocycles. The second-order valence-corrected chi connectivity index (χ2v) is 5.59. The highest BCUT2D eigenvalue weighted by Crippen LogP contribution is 2.18. The summed E-state index contributed by atoms with van der Waals surface area (Å²) in [5.74, 6) is 1.12. The molecule has 0 unspecified atom stereocenters. The number of hydrogen-bond acceptors (Lipinski definition) is 4. The number of hydrogen-bond donors (Lipinski definition) is 2. The predicted octanol–water partition coefficient (Wildman–Crippen LogP) is 2.37. The lowest BCUT2D eigenvalue weighted by molar-refractivity contribution is 0.114. The van der Waals surface area contributed by atoms with Crippen LogP contribution >= 0.6 is 0 Å². The zero-order valence-corrected chi connectivity index (χ0v) is 12.5. The molecule has 1 aliphatic heterocycles. The van der Waals surface area contributed by atoms with Crippen molar-refractivity contribution in [3.63, 3.8) is 0 Å². The third-order valence-corrected chi connectivity index (χ3v) is 3.85. The van der Waals surface area contributed by atoms with Crippen molar-refractivity contribution >= 4 is 11.8 Å². The van der Waals surface area contributed by atoms with E-state index in [4.69, 9.17) is 4.52 Å². The van der Waals surface area contributed by atoms with Crippen molar-refractivity contribution in [2.45, 2.75) is 52.1 Å². The standard InChI is InChI=1S/C14H24N4O2/c1-10-6-4-5-7-18(10)11(2)9-15-14(19)16-13-8-12(3)20-17-13/h8,10-11H,4-7,9H2,1-3H3,(H2,15,16,17,19)/t10-,11+/m0/s1. The topological polar surface area (TPSA) is 70.4 Å².